The number of pyridine rings is 1. The fourth-order valence-corrected chi connectivity index (χ4v) is 2.96. The van der Waals surface area contributed by atoms with E-state index in [1.165, 1.54) is 0 Å². The Balaban J connectivity index is 1.86. The summed E-state index contributed by atoms with van der Waals surface area (Å²) in [6.45, 7) is 3.12. The quantitative estimate of drug-likeness (QED) is 0.540. The van der Waals surface area contributed by atoms with Gasteiger partial charge in [0.1, 0.15) is 5.82 Å². The van der Waals surface area contributed by atoms with Crippen LogP contribution in [0.3, 0.4) is 0 Å². The van der Waals surface area contributed by atoms with Crippen LogP contribution >= 0.6 is 11.6 Å². The van der Waals surface area contributed by atoms with E-state index in [1.807, 2.05) is 19.1 Å². The van der Waals surface area contributed by atoms with Gasteiger partial charge in [-0.05, 0) is 49.2 Å². The summed E-state index contributed by atoms with van der Waals surface area (Å²) in [4.78, 5) is 25.8. The van der Waals surface area contributed by atoms with Gasteiger partial charge < -0.3 is 15.4 Å². The van der Waals surface area contributed by atoms with Crippen LogP contribution in [0.4, 0.5) is 11.8 Å². The summed E-state index contributed by atoms with van der Waals surface area (Å²) >= 11 is 5.99. The number of nitrogens with zero attached hydrogens (tertiary/aromatic N) is 3. The van der Waals surface area contributed by atoms with Crippen molar-refractivity contribution in [3.05, 3.63) is 64.9 Å². The maximum Gasteiger partial charge on any atom is 0.257 e. The second kappa shape index (κ2) is 9.95. The Morgan fingerprint density at radius 3 is 2.79 bits per heavy atom. The summed E-state index contributed by atoms with van der Waals surface area (Å²) in [7, 11) is 1.66. The van der Waals surface area contributed by atoms with Gasteiger partial charge in [-0.3, -0.25) is 9.78 Å². The van der Waals surface area contributed by atoms with Crippen LogP contribution in [0.15, 0.2) is 48.8 Å². The van der Waals surface area contributed by atoms with E-state index in [9.17, 15) is 4.79 Å². The summed E-state index contributed by atoms with van der Waals surface area (Å²) in [5, 5.41) is 6.61. The molecular weight excluding hydrogens is 390 g/mol. The maximum absolute atomic E-state index is 12.7. The van der Waals surface area contributed by atoms with Gasteiger partial charge in [0.2, 0.25) is 5.95 Å². The third-order valence-electron chi connectivity index (χ3n) is 4.17. The summed E-state index contributed by atoms with van der Waals surface area (Å²) < 4.78 is 5.06. The molecule has 0 saturated heterocycles. The molecule has 7 nitrogen and oxygen atoms in total. The van der Waals surface area contributed by atoms with Crippen LogP contribution in [-0.4, -0.2) is 41.1 Å². The van der Waals surface area contributed by atoms with Crippen molar-refractivity contribution in [2.24, 2.45) is 0 Å². The Bertz CT molecular complexity index is 982. The Morgan fingerprint density at radius 2 is 2.07 bits per heavy atom. The number of benzene rings is 1. The van der Waals surface area contributed by atoms with Gasteiger partial charge in [-0.25, -0.2) is 4.98 Å². The Morgan fingerprint density at radius 1 is 1.21 bits per heavy atom. The number of ether oxygens (including phenoxy) is 1. The third-order valence-corrected chi connectivity index (χ3v) is 4.40. The van der Waals surface area contributed by atoms with Crippen LogP contribution in [0.5, 0.6) is 0 Å². The first-order valence-electron chi connectivity index (χ1n) is 9.16. The van der Waals surface area contributed by atoms with Crippen LogP contribution in [0.25, 0.3) is 11.3 Å². The summed E-state index contributed by atoms with van der Waals surface area (Å²) in [5.74, 6) is 0.554. The highest BCUT2D eigenvalue weighted by Gasteiger charge is 2.13. The highest BCUT2D eigenvalue weighted by molar-refractivity contribution is 6.30. The monoisotopic (exact) mass is 411 g/mol. The van der Waals surface area contributed by atoms with Gasteiger partial charge in [0, 0.05) is 54.9 Å². The molecule has 0 saturated carbocycles. The number of amides is 1. The normalized spacial score (nSPS) is 10.6. The molecule has 2 heterocycles. The first-order chi connectivity index (χ1) is 14.1. The zero-order valence-corrected chi connectivity index (χ0v) is 17.0. The van der Waals surface area contributed by atoms with Crippen molar-refractivity contribution in [3.8, 4) is 11.3 Å². The van der Waals surface area contributed by atoms with E-state index in [-0.39, 0.29) is 5.91 Å². The molecule has 0 aliphatic rings. The molecule has 0 spiro atoms. The second-order valence-corrected chi connectivity index (χ2v) is 6.83. The fourth-order valence-electron chi connectivity index (χ4n) is 2.73. The predicted molar refractivity (Wildman–Crippen MR) is 114 cm³/mol. The van der Waals surface area contributed by atoms with Gasteiger partial charge in [0.15, 0.2) is 0 Å². The molecule has 0 aliphatic carbocycles. The fraction of sp³-hybridized carbons (Fsp3) is 0.238. The van der Waals surface area contributed by atoms with E-state index in [0.717, 1.165) is 17.5 Å². The number of hydrogen-bond donors (Lipinski definition) is 2. The van der Waals surface area contributed by atoms with Crippen LogP contribution in [-0.2, 0) is 4.74 Å². The van der Waals surface area contributed by atoms with Crippen LogP contribution in [0.2, 0.25) is 5.02 Å². The lowest BCUT2D eigenvalue weighted by molar-refractivity contribution is 0.102. The average Bonchev–Trinajstić information content (AvgIpc) is 2.71. The Hall–Kier alpha value is -3.03. The van der Waals surface area contributed by atoms with Crippen LogP contribution < -0.4 is 10.6 Å². The lowest BCUT2D eigenvalue weighted by Crippen LogP contribution is -2.16. The number of methoxy groups -OCH3 is 1. The molecule has 150 valence electrons. The van der Waals surface area contributed by atoms with E-state index >= 15 is 0 Å². The molecule has 8 heteroatoms. The van der Waals surface area contributed by atoms with Gasteiger partial charge in [-0.1, -0.05) is 11.6 Å². The molecule has 0 fully saturated rings. The van der Waals surface area contributed by atoms with Gasteiger partial charge in [0.05, 0.1) is 5.69 Å². The minimum atomic E-state index is -0.264. The van der Waals surface area contributed by atoms with Crippen molar-refractivity contribution in [3.63, 3.8) is 0 Å². The number of halogens is 1. The number of carbonyl (C=O) groups is 1. The standard InChI is InChI=1S/C21H22ClN5O2/c1-14-11-16(22)6-7-17(14)20(28)26-19-12-18(15-5-3-8-23-13-15)25-21(27-19)24-9-4-10-29-2/h3,5-8,11-13H,4,9-10H2,1-2H3,(H2,24,25,26,27,28). The molecular formula is C21H22ClN5O2. The molecule has 1 aromatic carbocycles. The minimum absolute atomic E-state index is 0.264. The van der Waals surface area contributed by atoms with Gasteiger partial charge in [-0.15, -0.1) is 0 Å². The number of nitrogens with one attached hydrogen (secondary N) is 2. The van der Waals surface area contributed by atoms with Crippen molar-refractivity contribution in [1.82, 2.24) is 15.0 Å². The number of rotatable bonds is 8. The second-order valence-electron chi connectivity index (χ2n) is 6.39. The van der Waals surface area contributed by atoms with Gasteiger partial charge in [0.25, 0.3) is 5.91 Å². The predicted octanol–water partition coefficient (Wildman–Crippen LogP) is 4.20. The molecule has 2 N–H and O–H groups in total. The summed E-state index contributed by atoms with van der Waals surface area (Å²) in [6, 6.07) is 10.6. The van der Waals surface area contributed by atoms with E-state index in [4.69, 9.17) is 16.3 Å². The number of aryl methyl sites for hydroxylation is 1. The van der Waals surface area contributed by atoms with E-state index in [2.05, 4.69) is 25.6 Å². The first kappa shape index (κ1) is 20.7. The lowest BCUT2D eigenvalue weighted by atomic mass is 10.1. The topological polar surface area (TPSA) is 89.0 Å². The molecule has 0 bridgehead atoms. The molecule has 29 heavy (non-hydrogen) atoms. The molecule has 0 unspecified atom stereocenters. The van der Waals surface area contributed by atoms with Crippen molar-refractivity contribution in [2.45, 2.75) is 13.3 Å². The molecule has 3 aromatic rings. The molecule has 3 rings (SSSR count). The van der Waals surface area contributed by atoms with Gasteiger partial charge >= 0.3 is 0 Å². The minimum Gasteiger partial charge on any atom is -0.385 e. The molecule has 2 aromatic heterocycles. The Labute approximate surface area is 174 Å². The summed E-state index contributed by atoms with van der Waals surface area (Å²) in [6.07, 6.45) is 4.22. The molecule has 1 amide bonds. The smallest absolute Gasteiger partial charge is 0.257 e. The molecule has 0 aliphatic heterocycles. The zero-order chi connectivity index (χ0) is 20.6. The third kappa shape index (κ3) is 5.73. The zero-order valence-electron chi connectivity index (χ0n) is 16.3. The number of aromatic nitrogens is 3. The molecule has 0 atom stereocenters. The highest BCUT2D eigenvalue weighted by Crippen LogP contribution is 2.22. The number of anilines is 2. The van der Waals surface area contributed by atoms with Crippen molar-refractivity contribution >= 4 is 29.3 Å². The molecule has 0 radical (unpaired) electrons. The maximum atomic E-state index is 12.7. The number of hydrogen-bond acceptors (Lipinski definition) is 6. The van der Waals surface area contributed by atoms with E-state index < -0.39 is 0 Å². The van der Waals surface area contributed by atoms with Crippen molar-refractivity contribution in [2.75, 3.05) is 30.9 Å². The lowest BCUT2D eigenvalue weighted by Gasteiger charge is -2.12. The number of carbonyl (C=O) groups excluding carboxylic acids is 1. The van der Waals surface area contributed by atoms with Crippen molar-refractivity contribution < 1.29 is 9.53 Å². The van der Waals surface area contributed by atoms with E-state index in [0.29, 0.717) is 41.2 Å². The largest absolute Gasteiger partial charge is 0.385 e. The van der Waals surface area contributed by atoms with Crippen LogP contribution in [0.1, 0.15) is 22.3 Å². The van der Waals surface area contributed by atoms with Crippen LogP contribution in [0, 0.1) is 6.92 Å². The average molecular weight is 412 g/mol. The summed E-state index contributed by atoms with van der Waals surface area (Å²) in [5.41, 5.74) is 2.80. The SMILES string of the molecule is COCCCNc1nc(NC(=O)c2ccc(Cl)cc2C)cc(-c2cccnc2)n1. The first-order valence-corrected chi connectivity index (χ1v) is 9.54. The Kier molecular flexibility index (Phi) is 7.10. The highest BCUT2D eigenvalue weighted by atomic mass is 35.5. The van der Waals surface area contributed by atoms with Gasteiger partial charge in [-0.2, -0.15) is 4.98 Å². The van der Waals surface area contributed by atoms with Crippen molar-refractivity contribution in [1.29, 1.82) is 0 Å². The van der Waals surface area contributed by atoms with E-state index in [1.54, 1.807) is 43.8 Å².